The minimum Gasteiger partial charge on any atom is -0.341 e. The highest BCUT2D eigenvalue weighted by Gasteiger charge is 2.37. The quantitative estimate of drug-likeness (QED) is 0.437. The first-order valence-electron chi connectivity index (χ1n) is 8.40. The fourth-order valence-corrected chi connectivity index (χ4v) is 3.68. The van der Waals surface area contributed by atoms with E-state index in [1.54, 1.807) is 23.1 Å². The molecule has 3 rings (SSSR count). The van der Waals surface area contributed by atoms with E-state index < -0.39 is 16.1 Å². The fraction of sp³-hybridized carbons (Fsp3) is 0.278. The lowest BCUT2D eigenvalue weighted by Gasteiger charge is -2.18. The Bertz CT molecular complexity index is 858. The molecule has 0 unspecified atom stereocenters. The largest absolute Gasteiger partial charge is 0.341 e. The maximum atomic E-state index is 12.4. The Hall–Kier alpha value is -2.94. The van der Waals surface area contributed by atoms with E-state index in [1.807, 2.05) is 0 Å². The first-order chi connectivity index (χ1) is 13.0. The number of para-hydroxylation sites is 1. The zero-order valence-corrected chi connectivity index (χ0v) is 15.2. The van der Waals surface area contributed by atoms with Crippen molar-refractivity contribution in [1.82, 2.24) is 9.80 Å². The molecule has 2 aliphatic rings. The van der Waals surface area contributed by atoms with Crippen LogP contribution in [0.15, 0.2) is 41.3 Å². The van der Waals surface area contributed by atoms with Crippen molar-refractivity contribution in [2.75, 3.05) is 19.6 Å². The molecular weight excluding hydrogens is 370 g/mol. The molecule has 0 aliphatic carbocycles. The van der Waals surface area contributed by atoms with E-state index in [-0.39, 0.29) is 23.0 Å². The number of benzene rings is 1. The van der Waals surface area contributed by atoms with Crippen LogP contribution < -0.4 is 0 Å². The van der Waals surface area contributed by atoms with Crippen molar-refractivity contribution in [1.29, 1.82) is 0 Å². The zero-order valence-electron chi connectivity index (χ0n) is 14.4. The number of likely N-dealkylation sites (tertiary alicyclic amines) is 1. The molecule has 1 aromatic rings. The first-order valence-corrected chi connectivity index (χ1v) is 9.22. The Labute approximate surface area is 159 Å². The summed E-state index contributed by atoms with van der Waals surface area (Å²) in [7, 11) is 0. The van der Waals surface area contributed by atoms with Crippen LogP contribution in [0.1, 0.15) is 18.4 Å². The van der Waals surface area contributed by atoms with Gasteiger partial charge < -0.3 is 4.90 Å². The van der Waals surface area contributed by atoms with Gasteiger partial charge in [-0.05, 0) is 42.8 Å². The molecule has 2 saturated heterocycles. The molecule has 9 heteroatoms. The number of allylic oxidation sites excluding steroid dienone is 2. The minimum atomic E-state index is -0.523. The average Bonchev–Trinajstić information content (AvgIpc) is 3.27. The second kappa shape index (κ2) is 8.17. The van der Waals surface area contributed by atoms with Gasteiger partial charge in [0.1, 0.15) is 6.54 Å². The van der Waals surface area contributed by atoms with E-state index in [1.165, 1.54) is 24.3 Å². The summed E-state index contributed by atoms with van der Waals surface area (Å²) in [5.41, 5.74) is 0.341. The maximum absolute atomic E-state index is 12.4. The number of carbonyl (C=O) groups is 3. The van der Waals surface area contributed by atoms with E-state index in [9.17, 15) is 24.5 Å². The monoisotopic (exact) mass is 387 g/mol. The lowest BCUT2D eigenvalue weighted by atomic mass is 10.1. The number of nitrogens with zero attached hydrogens (tertiary/aromatic N) is 3. The van der Waals surface area contributed by atoms with Crippen LogP contribution >= 0.6 is 11.8 Å². The fourth-order valence-electron chi connectivity index (χ4n) is 2.89. The Morgan fingerprint density at radius 2 is 1.93 bits per heavy atom. The SMILES string of the molecule is O=C(CN1C(=O)S/C(=C/C=C/c2ccccc2[N+](=O)[O-])C1=O)N1CCCC1. The van der Waals surface area contributed by atoms with Crippen LogP contribution in [0.25, 0.3) is 6.08 Å². The Morgan fingerprint density at radius 3 is 2.63 bits per heavy atom. The van der Waals surface area contributed by atoms with Gasteiger partial charge in [0, 0.05) is 19.2 Å². The van der Waals surface area contributed by atoms with Crippen LogP contribution in [0.5, 0.6) is 0 Å². The molecular formula is C18H17N3O5S. The van der Waals surface area contributed by atoms with Crippen molar-refractivity contribution < 1.29 is 19.3 Å². The van der Waals surface area contributed by atoms with Gasteiger partial charge in [0.05, 0.1) is 15.4 Å². The number of thioether (sulfide) groups is 1. The van der Waals surface area contributed by atoms with Gasteiger partial charge in [-0.1, -0.05) is 18.2 Å². The van der Waals surface area contributed by atoms with Gasteiger partial charge in [0.15, 0.2) is 0 Å². The van der Waals surface area contributed by atoms with Crippen molar-refractivity contribution in [2.45, 2.75) is 12.8 Å². The van der Waals surface area contributed by atoms with Crippen molar-refractivity contribution in [3.63, 3.8) is 0 Å². The molecule has 0 bridgehead atoms. The summed E-state index contributed by atoms with van der Waals surface area (Å²) in [6.07, 6.45) is 6.29. The summed E-state index contributed by atoms with van der Waals surface area (Å²) in [6.45, 7) is 1.06. The van der Waals surface area contributed by atoms with Gasteiger partial charge in [0.2, 0.25) is 5.91 Å². The van der Waals surface area contributed by atoms with Crippen molar-refractivity contribution in [2.24, 2.45) is 0 Å². The summed E-state index contributed by atoms with van der Waals surface area (Å²) in [6, 6.07) is 6.21. The number of nitro groups is 1. The summed E-state index contributed by atoms with van der Waals surface area (Å²) < 4.78 is 0. The molecule has 8 nitrogen and oxygen atoms in total. The van der Waals surface area contributed by atoms with E-state index in [2.05, 4.69) is 0 Å². The van der Waals surface area contributed by atoms with Crippen molar-refractivity contribution in [3.05, 3.63) is 57.0 Å². The van der Waals surface area contributed by atoms with Gasteiger partial charge in [-0.25, -0.2) is 0 Å². The normalized spacial score (nSPS) is 18.9. The molecule has 0 spiro atoms. The molecule has 27 heavy (non-hydrogen) atoms. The number of hydrogen-bond acceptors (Lipinski definition) is 6. The van der Waals surface area contributed by atoms with E-state index in [4.69, 9.17) is 0 Å². The van der Waals surface area contributed by atoms with Crippen LogP contribution in [-0.2, 0) is 9.59 Å². The standard InChI is InChI=1S/C18H17N3O5S/c22-16(19-10-3-4-11-19)12-20-17(23)15(27-18(20)24)9-5-7-13-6-1-2-8-14(13)21(25)26/h1-2,5-9H,3-4,10-12H2/b7-5+,15-9+. The minimum absolute atomic E-state index is 0.0496. The highest BCUT2D eigenvalue weighted by Crippen LogP contribution is 2.31. The van der Waals surface area contributed by atoms with Crippen LogP contribution in [0.2, 0.25) is 0 Å². The summed E-state index contributed by atoms with van der Waals surface area (Å²) in [5.74, 6) is -0.753. The maximum Gasteiger partial charge on any atom is 0.294 e. The highest BCUT2D eigenvalue weighted by molar-refractivity contribution is 8.18. The highest BCUT2D eigenvalue weighted by atomic mass is 32.2. The van der Waals surface area contributed by atoms with Gasteiger partial charge in [0.25, 0.3) is 16.8 Å². The topological polar surface area (TPSA) is 101 Å². The third kappa shape index (κ3) is 4.25. The van der Waals surface area contributed by atoms with Crippen molar-refractivity contribution >= 4 is 40.6 Å². The van der Waals surface area contributed by atoms with Gasteiger partial charge in [-0.3, -0.25) is 29.4 Å². The summed E-state index contributed by atoms with van der Waals surface area (Å²) in [5, 5.41) is 10.5. The lowest BCUT2D eigenvalue weighted by Crippen LogP contribution is -2.40. The number of rotatable bonds is 5. The molecule has 3 amide bonds. The molecule has 2 heterocycles. The molecule has 0 radical (unpaired) electrons. The Morgan fingerprint density at radius 1 is 1.22 bits per heavy atom. The number of amides is 3. The molecule has 0 saturated carbocycles. The second-order valence-corrected chi connectivity index (χ2v) is 7.05. The number of carbonyl (C=O) groups excluding carboxylic acids is 3. The molecule has 0 aromatic heterocycles. The van der Waals surface area contributed by atoms with Gasteiger partial charge in [-0.2, -0.15) is 0 Å². The smallest absolute Gasteiger partial charge is 0.294 e. The molecule has 0 N–H and O–H groups in total. The first kappa shape index (κ1) is 18.8. The summed E-state index contributed by atoms with van der Waals surface area (Å²) >= 11 is 0.755. The zero-order chi connectivity index (χ0) is 19.4. The molecule has 2 fully saturated rings. The van der Waals surface area contributed by atoms with Crippen LogP contribution in [0.4, 0.5) is 10.5 Å². The van der Waals surface area contributed by atoms with Crippen LogP contribution in [-0.4, -0.2) is 51.4 Å². The summed E-state index contributed by atoms with van der Waals surface area (Å²) in [4.78, 5) is 49.9. The van der Waals surface area contributed by atoms with Gasteiger partial charge >= 0.3 is 0 Å². The number of imide groups is 1. The van der Waals surface area contributed by atoms with Crippen LogP contribution in [0.3, 0.4) is 0 Å². The Kier molecular flexibility index (Phi) is 5.70. The lowest BCUT2D eigenvalue weighted by molar-refractivity contribution is -0.385. The van der Waals surface area contributed by atoms with Crippen molar-refractivity contribution in [3.8, 4) is 0 Å². The van der Waals surface area contributed by atoms with Crippen LogP contribution in [0, 0.1) is 10.1 Å². The number of hydrogen-bond donors (Lipinski definition) is 0. The van der Waals surface area contributed by atoms with E-state index in [0.717, 1.165) is 29.5 Å². The predicted octanol–water partition coefficient (Wildman–Crippen LogP) is 2.81. The molecule has 140 valence electrons. The predicted molar refractivity (Wildman–Crippen MR) is 101 cm³/mol. The average molecular weight is 387 g/mol. The molecule has 0 atom stereocenters. The second-order valence-electron chi connectivity index (χ2n) is 6.05. The van der Waals surface area contributed by atoms with E-state index in [0.29, 0.717) is 18.7 Å². The molecule has 2 aliphatic heterocycles. The third-order valence-electron chi connectivity index (χ3n) is 4.28. The third-order valence-corrected chi connectivity index (χ3v) is 5.21. The molecule has 1 aromatic carbocycles. The van der Waals surface area contributed by atoms with E-state index >= 15 is 0 Å². The van der Waals surface area contributed by atoms with Gasteiger partial charge in [-0.15, -0.1) is 0 Å². The Balaban J connectivity index is 1.69. The number of nitro benzene ring substituents is 1.